The van der Waals surface area contributed by atoms with Crippen LogP contribution < -0.4 is 0 Å². The maximum atomic E-state index is 13.3. The average Bonchev–Trinajstić information content (AvgIpc) is 3.20. The van der Waals surface area contributed by atoms with Gasteiger partial charge in [0.05, 0.1) is 5.54 Å². The largest absolute Gasteiger partial charge is 0.476 e. The fourth-order valence-corrected chi connectivity index (χ4v) is 3.12. The molecule has 0 amide bonds. The van der Waals surface area contributed by atoms with Crippen LogP contribution in [0, 0.1) is 11.6 Å². The van der Waals surface area contributed by atoms with E-state index < -0.39 is 11.7 Å². The van der Waals surface area contributed by atoms with Crippen molar-refractivity contribution in [2.24, 2.45) is 4.99 Å². The van der Waals surface area contributed by atoms with Crippen molar-refractivity contribution in [3.05, 3.63) is 71.3 Å². The van der Waals surface area contributed by atoms with Crippen LogP contribution in [0.1, 0.15) is 25.0 Å². The standard InChI is InChI=1S/C19H17F2NO2/c1-18(2)11-23-17(22-18)16-19(24-16,12-3-7-14(20)8-4-12)13-5-9-15(21)10-6-13/h3-10,16H,11H2,1-2H3/t16-/m1/s1. The first-order valence-electron chi connectivity index (χ1n) is 7.83. The van der Waals surface area contributed by atoms with Crippen LogP contribution in [0.5, 0.6) is 0 Å². The second-order valence-corrected chi connectivity index (χ2v) is 6.80. The van der Waals surface area contributed by atoms with Crippen molar-refractivity contribution in [2.45, 2.75) is 31.1 Å². The van der Waals surface area contributed by atoms with Crippen molar-refractivity contribution in [3.8, 4) is 0 Å². The fourth-order valence-electron chi connectivity index (χ4n) is 3.12. The Labute approximate surface area is 138 Å². The molecule has 2 aliphatic rings. The Balaban J connectivity index is 1.78. The lowest BCUT2D eigenvalue weighted by Crippen LogP contribution is -2.21. The van der Waals surface area contributed by atoms with Gasteiger partial charge in [-0.25, -0.2) is 13.8 Å². The molecule has 0 unspecified atom stereocenters. The minimum atomic E-state index is -0.819. The van der Waals surface area contributed by atoms with Crippen LogP contribution >= 0.6 is 0 Å². The maximum Gasteiger partial charge on any atom is 0.218 e. The highest BCUT2D eigenvalue weighted by molar-refractivity contribution is 5.88. The van der Waals surface area contributed by atoms with Crippen LogP contribution in [0.2, 0.25) is 0 Å². The molecule has 2 aromatic rings. The molecule has 0 aliphatic carbocycles. The highest BCUT2D eigenvalue weighted by atomic mass is 19.1. The van der Waals surface area contributed by atoms with Gasteiger partial charge in [-0.1, -0.05) is 24.3 Å². The molecule has 1 atom stereocenters. The minimum Gasteiger partial charge on any atom is -0.476 e. The summed E-state index contributed by atoms with van der Waals surface area (Å²) < 4.78 is 38.4. The van der Waals surface area contributed by atoms with Gasteiger partial charge < -0.3 is 9.47 Å². The molecule has 2 aliphatic heterocycles. The Morgan fingerprint density at radius 1 is 0.917 bits per heavy atom. The first kappa shape index (κ1) is 15.3. The van der Waals surface area contributed by atoms with Gasteiger partial charge in [-0.15, -0.1) is 0 Å². The number of aliphatic imine (C=N–C) groups is 1. The third kappa shape index (κ3) is 2.40. The molecule has 24 heavy (non-hydrogen) atoms. The Hall–Kier alpha value is -2.27. The zero-order valence-electron chi connectivity index (χ0n) is 13.4. The molecule has 2 heterocycles. The van der Waals surface area contributed by atoms with Crippen molar-refractivity contribution < 1.29 is 18.3 Å². The molecule has 0 radical (unpaired) electrons. The second kappa shape index (κ2) is 5.11. The highest BCUT2D eigenvalue weighted by Crippen LogP contribution is 2.53. The van der Waals surface area contributed by atoms with Gasteiger partial charge in [0.1, 0.15) is 18.2 Å². The zero-order valence-corrected chi connectivity index (χ0v) is 13.4. The third-order valence-corrected chi connectivity index (χ3v) is 4.37. The van der Waals surface area contributed by atoms with Gasteiger partial charge in [-0.05, 0) is 49.2 Å². The van der Waals surface area contributed by atoms with Crippen LogP contribution in [0.15, 0.2) is 53.5 Å². The van der Waals surface area contributed by atoms with Crippen LogP contribution in [0.25, 0.3) is 0 Å². The number of nitrogens with zero attached hydrogens (tertiary/aromatic N) is 1. The molecule has 4 rings (SSSR count). The van der Waals surface area contributed by atoms with Gasteiger partial charge in [-0.2, -0.15) is 0 Å². The summed E-state index contributed by atoms with van der Waals surface area (Å²) in [6.07, 6.45) is -0.393. The molecule has 124 valence electrons. The molecular formula is C19H17F2NO2. The summed E-state index contributed by atoms with van der Waals surface area (Å²) in [5.74, 6) is -0.102. The van der Waals surface area contributed by atoms with E-state index in [4.69, 9.17) is 9.47 Å². The molecule has 1 fully saturated rings. The van der Waals surface area contributed by atoms with Crippen molar-refractivity contribution in [2.75, 3.05) is 6.61 Å². The van der Waals surface area contributed by atoms with Crippen molar-refractivity contribution in [1.82, 2.24) is 0 Å². The van der Waals surface area contributed by atoms with Gasteiger partial charge >= 0.3 is 0 Å². The van der Waals surface area contributed by atoms with Gasteiger partial charge in [-0.3, -0.25) is 0 Å². The Morgan fingerprint density at radius 2 is 1.42 bits per heavy atom. The number of hydrogen-bond acceptors (Lipinski definition) is 3. The number of epoxide rings is 1. The summed E-state index contributed by atoms with van der Waals surface area (Å²) in [5, 5.41) is 0. The minimum absolute atomic E-state index is 0.293. The predicted octanol–water partition coefficient (Wildman–Crippen LogP) is 3.81. The molecular weight excluding hydrogens is 312 g/mol. The van der Waals surface area contributed by atoms with Gasteiger partial charge in [0.15, 0.2) is 11.7 Å². The average molecular weight is 329 g/mol. The zero-order chi connectivity index (χ0) is 16.9. The molecule has 3 nitrogen and oxygen atoms in total. The van der Waals surface area contributed by atoms with E-state index in [1.807, 2.05) is 13.8 Å². The summed E-state index contributed by atoms with van der Waals surface area (Å²) in [5.41, 5.74) is 0.465. The normalized spacial score (nSPS) is 23.5. The number of ether oxygens (including phenoxy) is 2. The summed E-state index contributed by atoms with van der Waals surface area (Å²) in [6.45, 7) is 4.46. The molecule has 0 spiro atoms. The van der Waals surface area contributed by atoms with E-state index >= 15 is 0 Å². The van der Waals surface area contributed by atoms with Crippen LogP contribution in [0.3, 0.4) is 0 Å². The number of hydrogen-bond donors (Lipinski definition) is 0. The van der Waals surface area contributed by atoms with E-state index in [9.17, 15) is 8.78 Å². The molecule has 2 aromatic carbocycles. The predicted molar refractivity (Wildman–Crippen MR) is 85.9 cm³/mol. The number of rotatable bonds is 3. The first-order valence-corrected chi connectivity index (χ1v) is 7.83. The van der Waals surface area contributed by atoms with Crippen molar-refractivity contribution in [3.63, 3.8) is 0 Å². The molecule has 0 saturated carbocycles. The van der Waals surface area contributed by atoms with Crippen LogP contribution in [-0.2, 0) is 15.1 Å². The fraction of sp³-hybridized carbons (Fsp3) is 0.316. The van der Waals surface area contributed by atoms with E-state index in [-0.39, 0.29) is 17.2 Å². The smallest absolute Gasteiger partial charge is 0.218 e. The lowest BCUT2D eigenvalue weighted by molar-refractivity contribution is 0.265. The van der Waals surface area contributed by atoms with Gasteiger partial charge in [0.2, 0.25) is 5.90 Å². The summed E-state index contributed by atoms with van der Waals surface area (Å²) in [6, 6.07) is 12.3. The summed E-state index contributed by atoms with van der Waals surface area (Å²) in [4.78, 5) is 4.59. The monoisotopic (exact) mass is 329 g/mol. The quantitative estimate of drug-likeness (QED) is 0.803. The highest BCUT2D eigenvalue weighted by Gasteiger charge is 2.63. The Morgan fingerprint density at radius 3 is 1.83 bits per heavy atom. The number of halogens is 2. The molecule has 5 heteroatoms. The summed E-state index contributed by atoms with van der Waals surface area (Å²) >= 11 is 0. The topological polar surface area (TPSA) is 34.1 Å². The van der Waals surface area contributed by atoms with Crippen LogP contribution in [-0.4, -0.2) is 24.1 Å². The molecule has 0 aromatic heterocycles. The number of benzene rings is 2. The van der Waals surface area contributed by atoms with E-state index in [1.165, 1.54) is 24.3 Å². The Bertz CT molecular complexity index is 752. The van der Waals surface area contributed by atoms with Crippen molar-refractivity contribution in [1.29, 1.82) is 0 Å². The van der Waals surface area contributed by atoms with E-state index in [0.717, 1.165) is 11.1 Å². The first-order chi connectivity index (χ1) is 11.4. The lowest BCUT2D eigenvalue weighted by atomic mass is 9.87. The van der Waals surface area contributed by atoms with E-state index in [2.05, 4.69) is 4.99 Å². The van der Waals surface area contributed by atoms with Gasteiger partial charge in [0.25, 0.3) is 0 Å². The van der Waals surface area contributed by atoms with Gasteiger partial charge in [0, 0.05) is 0 Å². The van der Waals surface area contributed by atoms with Crippen LogP contribution in [0.4, 0.5) is 8.78 Å². The SMILES string of the molecule is CC1(C)COC([C@H]2OC2(c2ccc(F)cc2)c2ccc(F)cc2)=N1. The van der Waals surface area contributed by atoms with E-state index in [0.29, 0.717) is 12.5 Å². The Kier molecular flexibility index (Phi) is 3.25. The maximum absolute atomic E-state index is 13.3. The molecule has 0 N–H and O–H groups in total. The molecule has 0 bridgehead atoms. The molecule has 1 saturated heterocycles. The second-order valence-electron chi connectivity index (χ2n) is 6.80. The summed E-state index contributed by atoms with van der Waals surface area (Å²) in [7, 11) is 0. The van der Waals surface area contributed by atoms with E-state index in [1.54, 1.807) is 24.3 Å². The third-order valence-electron chi connectivity index (χ3n) is 4.37. The van der Waals surface area contributed by atoms with Crippen molar-refractivity contribution >= 4 is 5.90 Å². The lowest BCUT2D eigenvalue weighted by Gasteiger charge is -2.14.